The summed E-state index contributed by atoms with van der Waals surface area (Å²) in [6.45, 7) is 2.82. The van der Waals surface area contributed by atoms with Crippen LogP contribution in [0.4, 0.5) is 5.69 Å². The number of hydrogen-bond acceptors (Lipinski definition) is 4. The summed E-state index contributed by atoms with van der Waals surface area (Å²) >= 11 is 5.33. The highest BCUT2D eigenvalue weighted by Crippen LogP contribution is 2.27. The van der Waals surface area contributed by atoms with Crippen LogP contribution >= 0.6 is 12.2 Å². The number of thiocarbonyl (C=S) groups is 1. The number of amides is 1. The molecule has 5 nitrogen and oxygen atoms in total. The van der Waals surface area contributed by atoms with Gasteiger partial charge in [-0.2, -0.15) is 0 Å². The number of hydrogen-bond donors (Lipinski definition) is 1. The molecule has 21 heavy (non-hydrogen) atoms. The zero-order valence-electron chi connectivity index (χ0n) is 11.9. The van der Waals surface area contributed by atoms with E-state index in [1.54, 1.807) is 0 Å². The molecule has 6 heteroatoms. The standard InChI is InChI=1S/C15H16N4OS/c1-3-18-10-9-17(2)13(18)12-14(20)19(15(21)16-12)11-7-5-4-6-8-11/h4-10H,3H2,1-2H3,(H,16,21)/b13-12+. The van der Waals surface area contributed by atoms with Crippen LogP contribution in [0.5, 0.6) is 0 Å². The quantitative estimate of drug-likeness (QED) is 0.666. The summed E-state index contributed by atoms with van der Waals surface area (Å²) in [5.41, 5.74) is 1.28. The molecule has 0 radical (unpaired) electrons. The lowest BCUT2D eigenvalue weighted by molar-refractivity contribution is -0.114. The van der Waals surface area contributed by atoms with E-state index in [1.165, 1.54) is 4.90 Å². The van der Waals surface area contributed by atoms with E-state index in [-0.39, 0.29) is 5.91 Å². The molecule has 0 unspecified atom stereocenters. The van der Waals surface area contributed by atoms with Gasteiger partial charge < -0.3 is 15.1 Å². The Kier molecular flexibility index (Phi) is 3.39. The van der Waals surface area contributed by atoms with Gasteiger partial charge in [0.05, 0.1) is 5.69 Å². The lowest BCUT2D eigenvalue weighted by Crippen LogP contribution is -2.30. The maximum Gasteiger partial charge on any atom is 0.284 e. The van der Waals surface area contributed by atoms with Gasteiger partial charge in [0.15, 0.2) is 5.11 Å². The van der Waals surface area contributed by atoms with Crippen LogP contribution in [0.1, 0.15) is 6.92 Å². The van der Waals surface area contributed by atoms with Gasteiger partial charge in [-0.3, -0.25) is 9.69 Å². The summed E-state index contributed by atoms with van der Waals surface area (Å²) in [5.74, 6) is 0.693. The van der Waals surface area contributed by atoms with E-state index in [2.05, 4.69) is 5.32 Å². The van der Waals surface area contributed by atoms with E-state index in [9.17, 15) is 4.79 Å². The van der Waals surface area contributed by atoms with E-state index in [0.29, 0.717) is 10.8 Å². The Morgan fingerprint density at radius 2 is 1.90 bits per heavy atom. The molecule has 0 spiro atoms. The Hall–Kier alpha value is -2.34. The number of nitrogens with zero attached hydrogens (tertiary/aromatic N) is 3. The smallest absolute Gasteiger partial charge is 0.284 e. The Labute approximate surface area is 129 Å². The highest BCUT2D eigenvalue weighted by molar-refractivity contribution is 7.80. The van der Waals surface area contributed by atoms with E-state index < -0.39 is 0 Å². The van der Waals surface area contributed by atoms with Crippen LogP contribution in [0, 0.1) is 0 Å². The van der Waals surface area contributed by atoms with E-state index in [0.717, 1.165) is 18.1 Å². The molecule has 1 saturated heterocycles. The molecule has 1 amide bonds. The maximum absolute atomic E-state index is 12.7. The van der Waals surface area contributed by atoms with Crippen LogP contribution in [0.3, 0.4) is 0 Å². The highest BCUT2D eigenvalue weighted by Gasteiger charge is 2.37. The fourth-order valence-corrected chi connectivity index (χ4v) is 2.77. The Balaban J connectivity index is 2.01. The molecular formula is C15H16N4OS. The molecule has 1 N–H and O–H groups in total. The summed E-state index contributed by atoms with van der Waals surface area (Å²) in [4.78, 5) is 18.2. The maximum atomic E-state index is 12.7. The minimum absolute atomic E-state index is 0.129. The second kappa shape index (κ2) is 5.21. The first-order valence-corrected chi connectivity index (χ1v) is 7.17. The molecule has 1 fully saturated rings. The zero-order chi connectivity index (χ0) is 15.0. The molecule has 1 aromatic rings. The number of anilines is 1. The van der Waals surface area contributed by atoms with Gasteiger partial charge >= 0.3 is 0 Å². The number of rotatable bonds is 2. The number of nitrogens with one attached hydrogen (secondary N) is 1. The van der Waals surface area contributed by atoms with Gasteiger partial charge in [0.2, 0.25) is 0 Å². The number of para-hydroxylation sites is 1. The summed E-state index contributed by atoms with van der Waals surface area (Å²) < 4.78 is 0. The largest absolute Gasteiger partial charge is 0.334 e. The van der Waals surface area contributed by atoms with Crippen LogP contribution in [0.2, 0.25) is 0 Å². The Morgan fingerprint density at radius 1 is 1.19 bits per heavy atom. The van der Waals surface area contributed by atoms with E-state index in [4.69, 9.17) is 12.2 Å². The first-order chi connectivity index (χ1) is 10.1. The van der Waals surface area contributed by atoms with E-state index in [1.807, 2.05) is 66.5 Å². The minimum Gasteiger partial charge on any atom is -0.334 e. The van der Waals surface area contributed by atoms with Gasteiger partial charge in [-0.1, -0.05) is 18.2 Å². The number of carbonyl (C=O) groups excluding carboxylic acids is 1. The fourth-order valence-electron chi connectivity index (χ4n) is 2.48. The molecule has 0 bridgehead atoms. The summed E-state index contributed by atoms with van der Waals surface area (Å²) in [6.07, 6.45) is 3.88. The third kappa shape index (κ3) is 2.17. The molecule has 3 rings (SSSR count). The number of carbonyl (C=O) groups is 1. The predicted molar refractivity (Wildman–Crippen MR) is 86.0 cm³/mol. The van der Waals surface area contributed by atoms with Crippen molar-refractivity contribution in [1.82, 2.24) is 15.1 Å². The Morgan fingerprint density at radius 3 is 2.57 bits per heavy atom. The molecular weight excluding hydrogens is 284 g/mol. The van der Waals surface area contributed by atoms with Crippen molar-refractivity contribution in [2.24, 2.45) is 0 Å². The van der Waals surface area contributed by atoms with Crippen molar-refractivity contribution in [3.8, 4) is 0 Å². The molecule has 0 atom stereocenters. The number of benzene rings is 1. The van der Waals surface area contributed by atoms with Crippen molar-refractivity contribution in [1.29, 1.82) is 0 Å². The lowest BCUT2D eigenvalue weighted by Gasteiger charge is -2.22. The first kappa shape index (κ1) is 13.6. The van der Waals surface area contributed by atoms with Crippen molar-refractivity contribution in [2.75, 3.05) is 18.5 Å². The van der Waals surface area contributed by atoms with Gasteiger partial charge in [-0.15, -0.1) is 0 Å². The van der Waals surface area contributed by atoms with Gasteiger partial charge in [-0.25, -0.2) is 0 Å². The van der Waals surface area contributed by atoms with Crippen molar-refractivity contribution < 1.29 is 4.79 Å². The SMILES string of the molecule is CCN1C=CN(C)/C1=C1\NC(=S)N(c2ccccc2)C1=O. The molecule has 108 valence electrons. The van der Waals surface area contributed by atoms with Crippen LogP contribution in [0.25, 0.3) is 0 Å². The van der Waals surface area contributed by atoms with Crippen LogP contribution in [-0.2, 0) is 4.79 Å². The van der Waals surface area contributed by atoms with Crippen molar-refractivity contribution in [2.45, 2.75) is 6.92 Å². The molecule has 0 aliphatic carbocycles. The van der Waals surface area contributed by atoms with Crippen molar-refractivity contribution >= 4 is 28.9 Å². The van der Waals surface area contributed by atoms with E-state index >= 15 is 0 Å². The van der Waals surface area contributed by atoms with Crippen molar-refractivity contribution in [3.05, 3.63) is 54.2 Å². The molecule has 1 aromatic carbocycles. The third-order valence-corrected chi connectivity index (χ3v) is 3.79. The Bertz CT molecular complexity index is 653. The molecule has 0 aromatic heterocycles. The average Bonchev–Trinajstić information content (AvgIpc) is 2.99. The normalized spacial score (nSPS) is 21.5. The zero-order valence-corrected chi connectivity index (χ0v) is 12.7. The molecule has 2 heterocycles. The predicted octanol–water partition coefficient (Wildman–Crippen LogP) is 1.82. The first-order valence-electron chi connectivity index (χ1n) is 6.76. The minimum atomic E-state index is -0.129. The summed E-state index contributed by atoms with van der Waals surface area (Å²) in [7, 11) is 1.91. The van der Waals surface area contributed by atoms with Crippen LogP contribution in [-0.4, -0.2) is 34.4 Å². The molecule has 2 aliphatic rings. The fraction of sp³-hybridized carbons (Fsp3) is 0.200. The third-order valence-electron chi connectivity index (χ3n) is 3.51. The van der Waals surface area contributed by atoms with Gasteiger partial charge in [0, 0.05) is 26.0 Å². The average molecular weight is 300 g/mol. The summed E-state index contributed by atoms with van der Waals surface area (Å²) in [6, 6.07) is 9.42. The van der Waals surface area contributed by atoms with Gasteiger partial charge in [0.25, 0.3) is 5.91 Å². The lowest BCUT2D eigenvalue weighted by atomic mass is 10.3. The van der Waals surface area contributed by atoms with Crippen LogP contribution in [0.15, 0.2) is 54.2 Å². The second-order valence-corrected chi connectivity index (χ2v) is 5.19. The van der Waals surface area contributed by atoms with Crippen molar-refractivity contribution in [3.63, 3.8) is 0 Å². The van der Waals surface area contributed by atoms with Gasteiger partial charge in [0.1, 0.15) is 11.5 Å². The van der Waals surface area contributed by atoms with Crippen LogP contribution < -0.4 is 10.2 Å². The molecule has 2 aliphatic heterocycles. The molecule has 0 saturated carbocycles. The van der Waals surface area contributed by atoms with Gasteiger partial charge in [-0.05, 0) is 31.3 Å². The summed E-state index contributed by atoms with van der Waals surface area (Å²) in [5, 5.41) is 3.46. The highest BCUT2D eigenvalue weighted by atomic mass is 32.1. The monoisotopic (exact) mass is 300 g/mol. The second-order valence-electron chi connectivity index (χ2n) is 4.80. The topological polar surface area (TPSA) is 38.8 Å².